The van der Waals surface area contributed by atoms with Gasteiger partial charge < -0.3 is 9.64 Å². The molecular weight excluding hydrogens is 283 g/mol. The van der Waals surface area contributed by atoms with Gasteiger partial charge in [-0.15, -0.1) is 0 Å². The Kier molecular flexibility index (Phi) is 4.74. The molecule has 0 saturated heterocycles. The summed E-state index contributed by atoms with van der Waals surface area (Å²) in [6.45, 7) is 0.351. The number of benzene rings is 2. The van der Waals surface area contributed by atoms with Gasteiger partial charge in [0, 0.05) is 13.6 Å². The van der Waals surface area contributed by atoms with Crippen molar-refractivity contribution in [3.63, 3.8) is 0 Å². The van der Waals surface area contributed by atoms with E-state index in [0.717, 1.165) is 11.6 Å². The van der Waals surface area contributed by atoms with Crippen molar-refractivity contribution in [2.75, 3.05) is 14.2 Å². The van der Waals surface area contributed by atoms with Crippen LogP contribution in [0.4, 0.5) is 4.39 Å². The summed E-state index contributed by atoms with van der Waals surface area (Å²) in [6.07, 6.45) is 0. The van der Waals surface area contributed by atoms with Gasteiger partial charge in [0.1, 0.15) is 11.6 Å². The highest BCUT2D eigenvalue weighted by molar-refractivity contribution is 5.96. The van der Waals surface area contributed by atoms with E-state index in [4.69, 9.17) is 10.00 Å². The third-order valence-corrected chi connectivity index (χ3v) is 3.24. The molecule has 0 aliphatic carbocycles. The standard InChI is InChI=1S/C17H15FN2O2/c1-20(11-13-5-3-12(10-19)4-6-13)17(21)15-9-14(18)7-8-16(15)22-2/h3-9H,11H2,1-2H3. The summed E-state index contributed by atoms with van der Waals surface area (Å²) in [5.41, 5.74) is 1.62. The lowest BCUT2D eigenvalue weighted by Crippen LogP contribution is -2.26. The molecule has 0 bridgehead atoms. The fraction of sp³-hybridized carbons (Fsp3) is 0.176. The molecular formula is C17H15FN2O2. The van der Waals surface area contributed by atoms with Gasteiger partial charge in [-0.3, -0.25) is 4.79 Å². The third-order valence-electron chi connectivity index (χ3n) is 3.24. The van der Waals surface area contributed by atoms with Gasteiger partial charge in [0.15, 0.2) is 0 Å². The predicted octanol–water partition coefficient (Wildman–Crippen LogP) is 2.98. The Hall–Kier alpha value is -2.87. The Labute approximate surface area is 128 Å². The monoisotopic (exact) mass is 298 g/mol. The summed E-state index contributed by atoms with van der Waals surface area (Å²) in [5.74, 6) is -0.491. The maximum absolute atomic E-state index is 13.4. The molecule has 0 heterocycles. The molecule has 0 aromatic heterocycles. The number of carbonyl (C=O) groups excluding carboxylic acids is 1. The van der Waals surface area contributed by atoms with Crippen LogP contribution in [0.2, 0.25) is 0 Å². The van der Waals surface area contributed by atoms with Gasteiger partial charge in [0.25, 0.3) is 5.91 Å². The van der Waals surface area contributed by atoms with Gasteiger partial charge in [0.05, 0.1) is 24.3 Å². The lowest BCUT2D eigenvalue weighted by atomic mass is 10.1. The van der Waals surface area contributed by atoms with Gasteiger partial charge in [-0.1, -0.05) is 12.1 Å². The summed E-state index contributed by atoms with van der Waals surface area (Å²) in [5, 5.41) is 8.77. The molecule has 0 spiro atoms. The number of halogens is 1. The first-order chi connectivity index (χ1) is 10.5. The lowest BCUT2D eigenvalue weighted by Gasteiger charge is -2.19. The normalized spacial score (nSPS) is 9.91. The van der Waals surface area contributed by atoms with E-state index in [2.05, 4.69) is 0 Å². The first kappa shape index (κ1) is 15.5. The van der Waals surface area contributed by atoms with E-state index in [0.29, 0.717) is 17.9 Å². The maximum atomic E-state index is 13.4. The zero-order valence-electron chi connectivity index (χ0n) is 12.3. The first-order valence-electron chi connectivity index (χ1n) is 6.63. The second-order valence-electron chi connectivity index (χ2n) is 4.81. The minimum absolute atomic E-state index is 0.179. The van der Waals surface area contributed by atoms with Crippen LogP contribution in [0.25, 0.3) is 0 Å². The van der Waals surface area contributed by atoms with Crippen molar-refractivity contribution in [1.29, 1.82) is 5.26 Å². The van der Waals surface area contributed by atoms with Crippen molar-refractivity contribution in [2.45, 2.75) is 6.54 Å². The topological polar surface area (TPSA) is 53.3 Å². The number of nitriles is 1. The molecule has 0 fully saturated rings. The van der Waals surface area contributed by atoms with E-state index in [-0.39, 0.29) is 11.5 Å². The van der Waals surface area contributed by atoms with Crippen LogP contribution in [0.5, 0.6) is 5.75 Å². The van der Waals surface area contributed by atoms with Crippen LogP contribution in [0.1, 0.15) is 21.5 Å². The molecule has 112 valence electrons. The van der Waals surface area contributed by atoms with Crippen LogP contribution in [0.15, 0.2) is 42.5 Å². The van der Waals surface area contributed by atoms with Crippen LogP contribution in [-0.4, -0.2) is 25.0 Å². The lowest BCUT2D eigenvalue weighted by molar-refractivity contribution is 0.0781. The molecule has 22 heavy (non-hydrogen) atoms. The van der Waals surface area contributed by atoms with Crippen molar-refractivity contribution >= 4 is 5.91 Å². The Morgan fingerprint density at radius 2 is 1.95 bits per heavy atom. The maximum Gasteiger partial charge on any atom is 0.257 e. The highest BCUT2D eigenvalue weighted by Gasteiger charge is 2.17. The van der Waals surface area contributed by atoms with Crippen molar-refractivity contribution in [2.24, 2.45) is 0 Å². The average Bonchev–Trinajstić information content (AvgIpc) is 2.54. The predicted molar refractivity (Wildman–Crippen MR) is 79.9 cm³/mol. The molecule has 2 aromatic carbocycles. The zero-order chi connectivity index (χ0) is 16.1. The van der Waals surface area contributed by atoms with E-state index < -0.39 is 5.82 Å². The van der Waals surface area contributed by atoms with E-state index in [1.54, 1.807) is 31.3 Å². The Balaban J connectivity index is 2.18. The molecule has 0 N–H and O–H groups in total. The van der Waals surface area contributed by atoms with Crippen molar-refractivity contribution in [1.82, 2.24) is 4.90 Å². The van der Waals surface area contributed by atoms with E-state index in [9.17, 15) is 9.18 Å². The number of hydrogen-bond donors (Lipinski definition) is 0. The second-order valence-corrected chi connectivity index (χ2v) is 4.81. The fourth-order valence-corrected chi connectivity index (χ4v) is 2.08. The highest BCUT2D eigenvalue weighted by Crippen LogP contribution is 2.21. The molecule has 0 radical (unpaired) electrons. The van der Waals surface area contributed by atoms with Gasteiger partial charge in [-0.05, 0) is 35.9 Å². The number of ether oxygens (including phenoxy) is 1. The van der Waals surface area contributed by atoms with Crippen LogP contribution in [0, 0.1) is 17.1 Å². The summed E-state index contributed by atoms with van der Waals surface area (Å²) in [7, 11) is 3.06. The first-order valence-corrected chi connectivity index (χ1v) is 6.63. The van der Waals surface area contributed by atoms with Gasteiger partial charge in [0.2, 0.25) is 0 Å². The SMILES string of the molecule is COc1ccc(F)cc1C(=O)N(C)Cc1ccc(C#N)cc1. The molecule has 5 heteroatoms. The van der Waals surface area contributed by atoms with Gasteiger partial charge in [-0.2, -0.15) is 5.26 Å². The number of methoxy groups -OCH3 is 1. The molecule has 0 atom stereocenters. The van der Waals surface area contributed by atoms with Crippen LogP contribution in [0.3, 0.4) is 0 Å². The van der Waals surface area contributed by atoms with Gasteiger partial charge in [-0.25, -0.2) is 4.39 Å². The van der Waals surface area contributed by atoms with Crippen LogP contribution < -0.4 is 4.74 Å². The molecule has 2 aromatic rings. The molecule has 0 unspecified atom stereocenters. The highest BCUT2D eigenvalue weighted by atomic mass is 19.1. The van der Waals surface area contributed by atoms with E-state index in [1.807, 2.05) is 6.07 Å². The second kappa shape index (κ2) is 6.72. The van der Waals surface area contributed by atoms with Crippen molar-refractivity contribution in [3.8, 4) is 11.8 Å². The quantitative estimate of drug-likeness (QED) is 0.872. The Bertz CT molecular complexity index is 720. The van der Waals surface area contributed by atoms with Crippen molar-refractivity contribution in [3.05, 3.63) is 65.0 Å². The number of rotatable bonds is 4. The molecule has 1 amide bonds. The van der Waals surface area contributed by atoms with Crippen LogP contribution in [-0.2, 0) is 6.54 Å². The molecule has 0 aliphatic heterocycles. The molecule has 2 rings (SSSR count). The summed E-state index contributed by atoms with van der Waals surface area (Å²) in [6, 6.07) is 12.8. The van der Waals surface area contributed by atoms with Crippen molar-refractivity contribution < 1.29 is 13.9 Å². The summed E-state index contributed by atoms with van der Waals surface area (Å²) < 4.78 is 18.5. The fourth-order valence-electron chi connectivity index (χ4n) is 2.08. The zero-order valence-corrected chi connectivity index (χ0v) is 12.3. The largest absolute Gasteiger partial charge is 0.496 e. The number of nitrogens with zero attached hydrogens (tertiary/aromatic N) is 2. The minimum atomic E-state index is -0.490. The number of hydrogen-bond acceptors (Lipinski definition) is 3. The Morgan fingerprint density at radius 3 is 2.55 bits per heavy atom. The smallest absolute Gasteiger partial charge is 0.257 e. The van der Waals surface area contributed by atoms with E-state index in [1.165, 1.54) is 24.1 Å². The summed E-state index contributed by atoms with van der Waals surface area (Å²) in [4.78, 5) is 13.9. The Morgan fingerprint density at radius 1 is 1.27 bits per heavy atom. The van der Waals surface area contributed by atoms with E-state index >= 15 is 0 Å². The molecule has 4 nitrogen and oxygen atoms in total. The average molecular weight is 298 g/mol. The third kappa shape index (κ3) is 3.41. The van der Waals surface area contributed by atoms with Gasteiger partial charge >= 0.3 is 0 Å². The van der Waals surface area contributed by atoms with Crippen LogP contribution >= 0.6 is 0 Å². The molecule has 0 saturated carbocycles. The number of amides is 1. The number of carbonyl (C=O) groups is 1. The molecule has 0 aliphatic rings. The minimum Gasteiger partial charge on any atom is -0.496 e. The summed E-state index contributed by atoms with van der Waals surface area (Å²) >= 11 is 0.